The molecule has 1 aromatic rings. The molecule has 4 heteroatoms. The highest BCUT2D eigenvalue weighted by atomic mass is 35.5. The van der Waals surface area contributed by atoms with Crippen LogP contribution >= 0.6 is 11.6 Å². The molecule has 1 aliphatic rings. The number of rotatable bonds is 2. The van der Waals surface area contributed by atoms with Crippen LogP contribution in [0.4, 0.5) is 4.79 Å². The summed E-state index contributed by atoms with van der Waals surface area (Å²) >= 11 is 5.81. The van der Waals surface area contributed by atoms with E-state index in [9.17, 15) is 4.79 Å². The van der Waals surface area contributed by atoms with Crippen LogP contribution in [-0.4, -0.2) is 24.0 Å². The van der Waals surface area contributed by atoms with Gasteiger partial charge in [-0.3, -0.25) is 0 Å². The number of carbonyl (C=O) groups is 1. The molecular weight excluding hydrogens is 212 g/mol. The van der Waals surface area contributed by atoms with Crippen molar-refractivity contribution in [1.29, 1.82) is 0 Å². The average molecular weight is 225 g/mol. The number of hydrogen-bond acceptors (Lipinski definition) is 1. The number of nitrogens with one attached hydrogen (secondary N) is 1. The number of urea groups is 1. The van der Waals surface area contributed by atoms with Gasteiger partial charge in [0.2, 0.25) is 0 Å². The van der Waals surface area contributed by atoms with Gasteiger partial charge in [0, 0.05) is 18.1 Å². The van der Waals surface area contributed by atoms with Crippen molar-refractivity contribution in [3.63, 3.8) is 0 Å². The van der Waals surface area contributed by atoms with Gasteiger partial charge in [0.05, 0.1) is 6.04 Å². The minimum Gasteiger partial charge on any atom is -0.336 e. The highest BCUT2D eigenvalue weighted by molar-refractivity contribution is 6.30. The summed E-state index contributed by atoms with van der Waals surface area (Å²) in [6.45, 7) is 3.52. The zero-order valence-corrected chi connectivity index (χ0v) is 9.29. The smallest absolute Gasteiger partial charge is 0.318 e. The fourth-order valence-corrected chi connectivity index (χ4v) is 1.90. The van der Waals surface area contributed by atoms with Gasteiger partial charge in [0.25, 0.3) is 0 Å². The Hall–Kier alpha value is -1.22. The second kappa shape index (κ2) is 4.11. The molecule has 3 nitrogen and oxygen atoms in total. The molecule has 2 amide bonds. The molecule has 1 N–H and O–H groups in total. The average Bonchev–Trinajstić information content (AvgIpc) is 2.65. The van der Waals surface area contributed by atoms with Crippen molar-refractivity contribution in [3.05, 3.63) is 34.9 Å². The van der Waals surface area contributed by atoms with Crippen LogP contribution in [0.15, 0.2) is 24.3 Å². The van der Waals surface area contributed by atoms with E-state index < -0.39 is 0 Å². The van der Waals surface area contributed by atoms with Crippen molar-refractivity contribution in [2.75, 3.05) is 13.1 Å². The number of amides is 2. The lowest BCUT2D eigenvalue weighted by Crippen LogP contribution is -2.30. The van der Waals surface area contributed by atoms with Crippen LogP contribution in [0.2, 0.25) is 5.02 Å². The van der Waals surface area contributed by atoms with Crippen molar-refractivity contribution in [2.45, 2.75) is 13.0 Å². The molecule has 1 fully saturated rings. The van der Waals surface area contributed by atoms with Gasteiger partial charge in [-0.25, -0.2) is 4.79 Å². The Morgan fingerprint density at radius 3 is 2.60 bits per heavy atom. The van der Waals surface area contributed by atoms with Crippen LogP contribution in [0, 0.1) is 0 Å². The van der Waals surface area contributed by atoms with Crippen molar-refractivity contribution < 1.29 is 4.79 Å². The molecule has 0 saturated carbocycles. The van der Waals surface area contributed by atoms with Gasteiger partial charge in [0.15, 0.2) is 0 Å². The number of carbonyl (C=O) groups excluding carboxylic acids is 1. The second-order valence-electron chi connectivity index (χ2n) is 3.65. The first kappa shape index (κ1) is 10.3. The maximum Gasteiger partial charge on any atom is 0.318 e. The van der Waals surface area contributed by atoms with E-state index in [-0.39, 0.29) is 12.1 Å². The van der Waals surface area contributed by atoms with E-state index >= 15 is 0 Å². The van der Waals surface area contributed by atoms with Gasteiger partial charge in [-0.2, -0.15) is 0 Å². The Morgan fingerprint density at radius 1 is 1.40 bits per heavy atom. The molecule has 0 aliphatic carbocycles. The molecule has 0 aromatic heterocycles. The Kier molecular flexibility index (Phi) is 2.82. The summed E-state index contributed by atoms with van der Waals surface area (Å²) in [5, 5.41) is 3.51. The predicted octanol–water partition coefficient (Wildman–Crippen LogP) is 2.43. The summed E-state index contributed by atoms with van der Waals surface area (Å²) in [6.07, 6.45) is 0. The van der Waals surface area contributed by atoms with Crippen LogP contribution in [0.5, 0.6) is 0 Å². The third-order valence-corrected chi connectivity index (χ3v) is 2.96. The molecule has 15 heavy (non-hydrogen) atoms. The lowest BCUT2D eigenvalue weighted by Gasteiger charge is -2.23. The Labute approximate surface area is 94.0 Å². The summed E-state index contributed by atoms with van der Waals surface area (Å²) in [6, 6.07) is 7.72. The van der Waals surface area contributed by atoms with Crippen molar-refractivity contribution in [1.82, 2.24) is 10.2 Å². The molecule has 1 heterocycles. The van der Waals surface area contributed by atoms with Gasteiger partial charge in [-0.15, -0.1) is 0 Å². The summed E-state index contributed by atoms with van der Waals surface area (Å²) in [7, 11) is 0. The summed E-state index contributed by atoms with van der Waals surface area (Å²) in [4.78, 5) is 13.3. The van der Waals surface area contributed by atoms with Crippen LogP contribution in [-0.2, 0) is 0 Å². The quantitative estimate of drug-likeness (QED) is 0.822. The molecule has 80 valence electrons. The maximum absolute atomic E-state index is 11.4. The molecule has 0 bridgehead atoms. The number of benzene rings is 1. The van der Waals surface area contributed by atoms with E-state index in [0.29, 0.717) is 0 Å². The molecule has 1 aromatic carbocycles. The first-order valence-electron chi connectivity index (χ1n) is 4.98. The van der Waals surface area contributed by atoms with E-state index in [4.69, 9.17) is 11.6 Å². The van der Waals surface area contributed by atoms with Gasteiger partial charge in [0.1, 0.15) is 0 Å². The molecule has 0 spiro atoms. The number of nitrogens with zero attached hydrogens (tertiary/aromatic N) is 1. The fraction of sp³-hybridized carbons (Fsp3) is 0.364. The van der Waals surface area contributed by atoms with Crippen molar-refractivity contribution in [2.24, 2.45) is 0 Å². The van der Waals surface area contributed by atoms with E-state index in [1.54, 1.807) is 0 Å². The van der Waals surface area contributed by atoms with E-state index in [1.807, 2.05) is 36.1 Å². The summed E-state index contributed by atoms with van der Waals surface area (Å²) in [5.41, 5.74) is 1.11. The highest BCUT2D eigenvalue weighted by Crippen LogP contribution is 2.22. The standard InChI is InChI=1S/C11H13ClN2O/c1-8(14-7-6-13-11(14)15)9-2-4-10(12)5-3-9/h2-5,8H,6-7H2,1H3,(H,13,15). The highest BCUT2D eigenvalue weighted by Gasteiger charge is 2.25. The van der Waals surface area contributed by atoms with E-state index in [2.05, 4.69) is 5.32 Å². The lowest BCUT2D eigenvalue weighted by molar-refractivity contribution is 0.202. The first-order chi connectivity index (χ1) is 7.18. The SMILES string of the molecule is CC(c1ccc(Cl)cc1)N1CCNC1=O. The Morgan fingerprint density at radius 2 is 2.07 bits per heavy atom. The Balaban J connectivity index is 2.16. The maximum atomic E-state index is 11.4. The van der Waals surface area contributed by atoms with Gasteiger partial charge >= 0.3 is 6.03 Å². The predicted molar refractivity (Wildman–Crippen MR) is 60.0 cm³/mol. The van der Waals surface area contributed by atoms with E-state index in [1.165, 1.54) is 0 Å². The van der Waals surface area contributed by atoms with Crippen LogP contribution < -0.4 is 5.32 Å². The van der Waals surface area contributed by atoms with Crippen molar-refractivity contribution in [3.8, 4) is 0 Å². The minimum atomic E-state index is 0.0115. The first-order valence-corrected chi connectivity index (χ1v) is 5.36. The van der Waals surface area contributed by atoms with Gasteiger partial charge in [-0.05, 0) is 24.6 Å². The molecule has 1 aliphatic heterocycles. The largest absolute Gasteiger partial charge is 0.336 e. The minimum absolute atomic E-state index is 0.0115. The van der Waals surface area contributed by atoms with Gasteiger partial charge < -0.3 is 10.2 Å². The summed E-state index contributed by atoms with van der Waals surface area (Å²) < 4.78 is 0. The number of hydrogen-bond donors (Lipinski definition) is 1. The topological polar surface area (TPSA) is 32.3 Å². The third-order valence-electron chi connectivity index (χ3n) is 2.71. The zero-order valence-electron chi connectivity index (χ0n) is 8.53. The van der Waals surface area contributed by atoms with Gasteiger partial charge in [-0.1, -0.05) is 23.7 Å². The lowest BCUT2D eigenvalue weighted by atomic mass is 10.1. The van der Waals surface area contributed by atoms with Crippen LogP contribution in [0.1, 0.15) is 18.5 Å². The third kappa shape index (κ3) is 2.07. The fourth-order valence-electron chi connectivity index (χ4n) is 1.78. The molecule has 1 saturated heterocycles. The molecule has 0 radical (unpaired) electrons. The normalized spacial score (nSPS) is 17.7. The molecule has 2 rings (SSSR count). The van der Waals surface area contributed by atoms with Crippen LogP contribution in [0.3, 0.4) is 0 Å². The second-order valence-corrected chi connectivity index (χ2v) is 4.09. The molecular formula is C11H13ClN2O. The van der Waals surface area contributed by atoms with Crippen LogP contribution in [0.25, 0.3) is 0 Å². The molecule has 1 atom stereocenters. The number of halogens is 1. The molecule has 1 unspecified atom stereocenters. The van der Waals surface area contributed by atoms with E-state index in [0.717, 1.165) is 23.7 Å². The Bertz CT molecular complexity index is 363. The zero-order chi connectivity index (χ0) is 10.8. The summed E-state index contributed by atoms with van der Waals surface area (Å²) in [5.74, 6) is 0. The monoisotopic (exact) mass is 224 g/mol. The van der Waals surface area contributed by atoms with Crippen molar-refractivity contribution >= 4 is 17.6 Å².